The number of nitrogens with zero attached hydrogens (tertiary/aromatic N) is 1. The third kappa shape index (κ3) is 3.18. The highest BCUT2D eigenvalue weighted by Gasteiger charge is 2.54. The largest absolute Gasteiger partial charge is 0.508 e. The van der Waals surface area contributed by atoms with Gasteiger partial charge in [-0.3, -0.25) is 4.98 Å². The first-order chi connectivity index (χ1) is 14.1. The van der Waals surface area contributed by atoms with Crippen molar-refractivity contribution in [1.82, 2.24) is 10.3 Å². The van der Waals surface area contributed by atoms with Crippen molar-refractivity contribution in [2.24, 2.45) is 17.3 Å². The van der Waals surface area contributed by atoms with E-state index >= 15 is 0 Å². The van der Waals surface area contributed by atoms with Crippen LogP contribution in [0.25, 0.3) is 0 Å². The lowest BCUT2D eigenvalue weighted by molar-refractivity contribution is 0.0407. The molecule has 0 bridgehead atoms. The molecule has 1 aromatic heterocycles. The zero-order valence-corrected chi connectivity index (χ0v) is 17.8. The van der Waals surface area contributed by atoms with E-state index in [-0.39, 0.29) is 0 Å². The Hall–Kier alpha value is -1.87. The first kappa shape index (κ1) is 19.1. The lowest BCUT2D eigenvalue weighted by atomic mass is 9.55. The van der Waals surface area contributed by atoms with E-state index in [0.29, 0.717) is 23.1 Å². The SMILES string of the molecule is CCc1cc2c(cc1O)CCC1C2CC[C@@]2(C)C1CC[C@@H]2NCc1ccccn1. The van der Waals surface area contributed by atoms with E-state index in [1.807, 2.05) is 12.3 Å². The Bertz CT molecular complexity index is 880. The monoisotopic (exact) mass is 390 g/mol. The summed E-state index contributed by atoms with van der Waals surface area (Å²) in [6, 6.07) is 11.2. The molecular weight excluding hydrogens is 356 g/mol. The van der Waals surface area contributed by atoms with E-state index in [1.165, 1.54) is 37.7 Å². The van der Waals surface area contributed by atoms with Crippen LogP contribution in [0.4, 0.5) is 0 Å². The number of pyridine rings is 1. The summed E-state index contributed by atoms with van der Waals surface area (Å²) < 4.78 is 0. The van der Waals surface area contributed by atoms with Gasteiger partial charge in [-0.25, -0.2) is 0 Å². The summed E-state index contributed by atoms with van der Waals surface area (Å²) in [5.74, 6) is 2.81. The van der Waals surface area contributed by atoms with Crippen molar-refractivity contribution in [3.63, 3.8) is 0 Å². The number of hydrogen-bond acceptors (Lipinski definition) is 3. The molecule has 3 nitrogen and oxygen atoms in total. The molecular formula is C26H34N2O. The van der Waals surface area contributed by atoms with Gasteiger partial charge in [0, 0.05) is 18.8 Å². The number of phenols is 1. The molecule has 3 aliphatic rings. The minimum absolute atomic E-state index is 0.401. The second kappa shape index (κ2) is 7.43. The predicted octanol–water partition coefficient (Wildman–Crippen LogP) is 5.36. The van der Waals surface area contributed by atoms with E-state index < -0.39 is 0 Å². The fourth-order valence-corrected chi connectivity index (χ4v) is 7.00. The molecule has 2 saturated carbocycles. The van der Waals surface area contributed by atoms with Crippen LogP contribution in [0.5, 0.6) is 5.75 Å². The maximum Gasteiger partial charge on any atom is 0.119 e. The number of phenolic OH excluding ortho intramolecular Hbond substituents is 1. The summed E-state index contributed by atoms with van der Waals surface area (Å²) in [6.45, 7) is 5.58. The Labute approximate surface area is 175 Å². The fraction of sp³-hybridized carbons (Fsp3) is 0.577. The van der Waals surface area contributed by atoms with E-state index in [2.05, 4.69) is 48.4 Å². The Kier molecular flexibility index (Phi) is 4.90. The maximum atomic E-state index is 10.3. The average Bonchev–Trinajstić information content (AvgIpc) is 3.08. The van der Waals surface area contributed by atoms with Crippen molar-refractivity contribution in [3.8, 4) is 5.75 Å². The highest BCUT2D eigenvalue weighted by molar-refractivity contribution is 5.45. The number of aromatic hydroxyl groups is 1. The highest BCUT2D eigenvalue weighted by Crippen LogP contribution is 2.61. The number of benzene rings is 1. The Morgan fingerprint density at radius 1 is 1.17 bits per heavy atom. The van der Waals surface area contributed by atoms with Gasteiger partial charge in [-0.2, -0.15) is 0 Å². The standard InChI is InChI=1S/C26H34N2O/c1-3-17-14-22-18(15-24(17)29)7-8-21-20(22)11-12-26(2)23(21)9-10-25(26)28-16-19-6-4-5-13-27-19/h4-6,13-15,20-21,23,25,28-29H,3,7-12,16H2,1-2H3/t20?,21?,23?,25-,26-/m0/s1. The van der Waals surface area contributed by atoms with Crippen LogP contribution in [-0.4, -0.2) is 16.1 Å². The Morgan fingerprint density at radius 3 is 2.86 bits per heavy atom. The van der Waals surface area contributed by atoms with E-state index in [1.54, 1.807) is 5.56 Å². The second-order valence-electron chi connectivity index (χ2n) is 9.83. The van der Waals surface area contributed by atoms with E-state index in [4.69, 9.17) is 0 Å². The molecule has 1 heterocycles. The predicted molar refractivity (Wildman–Crippen MR) is 117 cm³/mol. The summed E-state index contributed by atoms with van der Waals surface area (Å²) in [5.41, 5.74) is 5.64. The summed E-state index contributed by atoms with van der Waals surface area (Å²) in [6.07, 6.45) is 10.5. The van der Waals surface area contributed by atoms with Gasteiger partial charge in [0.1, 0.15) is 5.75 Å². The van der Waals surface area contributed by atoms with Gasteiger partial charge in [-0.1, -0.05) is 26.0 Å². The zero-order chi connectivity index (χ0) is 20.0. The van der Waals surface area contributed by atoms with Gasteiger partial charge in [0.2, 0.25) is 0 Å². The quantitative estimate of drug-likeness (QED) is 0.738. The maximum absolute atomic E-state index is 10.3. The van der Waals surface area contributed by atoms with Crippen LogP contribution >= 0.6 is 0 Å². The van der Waals surface area contributed by atoms with Gasteiger partial charge in [0.25, 0.3) is 0 Å². The summed E-state index contributed by atoms with van der Waals surface area (Å²) in [7, 11) is 0. The summed E-state index contributed by atoms with van der Waals surface area (Å²) in [5, 5.41) is 14.2. The molecule has 5 rings (SSSR count). The number of fused-ring (bicyclic) bond motifs is 5. The van der Waals surface area contributed by atoms with Crippen molar-refractivity contribution < 1.29 is 5.11 Å². The van der Waals surface area contributed by atoms with Crippen LogP contribution in [0.15, 0.2) is 36.5 Å². The second-order valence-corrected chi connectivity index (χ2v) is 9.83. The van der Waals surface area contributed by atoms with Gasteiger partial charge in [-0.05, 0) is 103 Å². The Morgan fingerprint density at radius 2 is 2.07 bits per heavy atom. The molecule has 3 heteroatoms. The van der Waals surface area contributed by atoms with Crippen LogP contribution in [0.3, 0.4) is 0 Å². The normalized spacial score (nSPS) is 33.0. The molecule has 29 heavy (non-hydrogen) atoms. The molecule has 0 spiro atoms. The molecule has 0 aliphatic heterocycles. The van der Waals surface area contributed by atoms with Crippen LogP contribution < -0.4 is 5.32 Å². The molecule has 0 radical (unpaired) electrons. The zero-order valence-electron chi connectivity index (χ0n) is 17.8. The first-order valence-corrected chi connectivity index (χ1v) is 11.6. The lowest BCUT2D eigenvalue weighted by Gasteiger charge is -2.51. The first-order valence-electron chi connectivity index (χ1n) is 11.6. The van der Waals surface area contributed by atoms with Crippen LogP contribution in [-0.2, 0) is 19.4 Å². The molecule has 154 valence electrons. The smallest absolute Gasteiger partial charge is 0.119 e. The minimum Gasteiger partial charge on any atom is -0.508 e. The fourth-order valence-electron chi connectivity index (χ4n) is 7.00. The van der Waals surface area contributed by atoms with Crippen molar-refractivity contribution in [2.45, 2.75) is 77.3 Å². The van der Waals surface area contributed by atoms with Crippen LogP contribution in [0.1, 0.15) is 74.3 Å². The van der Waals surface area contributed by atoms with Gasteiger partial charge in [-0.15, -0.1) is 0 Å². The molecule has 2 N–H and O–H groups in total. The van der Waals surface area contributed by atoms with Gasteiger partial charge >= 0.3 is 0 Å². The van der Waals surface area contributed by atoms with Crippen molar-refractivity contribution >= 4 is 0 Å². The molecule has 5 atom stereocenters. The molecule has 2 aromatic rings. The number of hydrogen-bond donors (Lipinski definition) is 2. The van der Waals surface area contributed by atoms with E-state index in [0.717, 1.165) is 42.5 Å². The third-order valence-electron chi connectivity index (χ3n) is 8.56. The number of aryl methyl sites for hydroxylation is 2. The average molecular weight is 391 g/mol. The van der Waals surface area contributed by atoms with Crippen LogP contribution in [0.2, 0.25) is 0 Å². The molecule has 3 aliphatic carbocycles. The van der Waals surface area contributed by atoms with Gasteiger partial charge in [0.05, 0.1) is 5.69 Å². The number of rotatable bonds is 4. The molecule has 1 aromatic carbocycles. The van der Waals surface area contributed by atoms with E-state index in [9.17, 15) is 5.11 Å². The lowest BCUT2D eigenvalue weighted by Crippen LogP contribution is -2.48. The van der Waals surface area contributed by atoms with Gasteiger partial charge in [0.15, 0.2) is 0 Å². The third-order valence-corrected chi connectivity index (χ3v) is 8.56. The van der Waals surface area contributed by atoms with Crippen molar-refractivity contribution in [1.29, 1.82) is 0 Å². The number of aromatic nitrogens is 1. The summed E-state index contributed by atoms with van der Waals surface area (Å²) in [4.78, 5) is 4.50. The Balaban J connectivity index is 1.36. The van der Waals surface area contributed by atoms with Crippen molar-refractivity contribution in [2.75, 3.05) is 0 Å². The highest BCUT2D eigenvalue weighted by atomic mass is 16.3. The van der Waals surface area contributed by atoms with Gasteiger partial charge < -0.3 is 10.4 Å². The molecule has 0 saturated heterocycles. The van der Waals surface area contributed by atoms with Crippen molar-refractivity contribution in [3.05, 3.63) is 58.9 Å². The van der Waals surface area contributed by atoms with Crippen LogP contribution in [0, 0.1) is 17.3 Å². The molecule has 2 fully saturated rings. The number of nitrogens with one attached hydrogen (secondary N) is 1. The molecule has 0 amide bonds. The summed E-state index contributed by atoms with van der Waals surface area (Å²) >= 11 is 0. The minimum atomic E-state index is 0.401. The molecule has 3 unspecified atom stereocenters. The topological polar surface area (TPSA) is 45.1 Å².